The number of ketones is 1. The molecule has 0 unspecified atom stereocenters. The molecule has 4 rings (SSSR count). The predicted octanol–water partition coefficient (Wildman–Crippen LogP) is 3.61. The van der Waals surface area contributed by atoms with Gasteiger partial charge in [-0.25, -0.2) is 4.79 Å². The normalized spacial score (nSPS) is 15.8. The van der Waals surface area contributed by atoms with E-state index in [-0.39, 0.29) is 40.3 Å². The van der Waals surface area contributed by atoms with Crippen molar-refractivity contribution in [2.75, 3.05) is 11.9 Å². The molecule has 1 N–H and O–H groups in total. The van der Waals surface area contributed by atoms with Crippen LogP contribution in [0.4, 0.5) is 5.69 Å². The molecule has 2 aromatic carbocycles. The minimum Gasteiger partial charge on any atom is -0.452 e. The Kier molecular flexibility index (Phi) is 6.35. The third-order valence-electron chi connectivity index (χ3n) is 5.98. The van der Waals surface area contributed by atoms with Crippen molar-refractivity contribution in [1.29, 1.82) is 0 Å². The summed E-state index contributed by atoms with van der Waals surface area (Å²) in [5, 5.41) is 2.57. The highest BCUT2D eigenvalue weighted by Crippen LogP contribution is 2.31. The summed E-state index contributed by atoms with van der Waals surface area (Å²) in [7, 11) is 0. The van der Waals surface area contributed by atoms with Gasteiger partial charge in [0, 0.05) is 17.3 Å². The molecule has 0 bridgehead atoms. The lowest BCUT2D eigenvalue weighted by Gasteiger charge is -2.29. The van der Waals surface area contributed by atoms with Crippen LogP contribution in [0.1, 0.15) is 80.5 Å². The Morgan fingerprint density at radius 3 is 2.39 bits per heavy atom. The topological polar surface area (TPSA) is 110 Å². The summed E-state index contributed by atoms with van der Waals surface area (Å²) in [6, 6.07) is 10.6. The fraction of sp³-hybridized carbons (Fsp3) is 0.320. The first-order valence-electron chi connectivity index (χ1n) is 10.9. The van der Waals surface area contributed by atoms with Crippen molar-refractivity contribution in [3.63, 3.8) is 0 Å². The van der Waals surface area contributed by atoms with Crippen LogP contribution in [0.25, 0.3) is 0 Å². The minimum atomic E-state index is -0.776. The molecule has 1 aliphatic carbocycles. The van der Waals surface area contributed by atoms with Crippen molar-refractivity contribution in [2.24, 2.45) is 0 Å². The Bertz CT molecular complexity index is 1150. The van der Waals surface area contributed by atoms with Crippen LogP contribution in [-0.2, 0) is 9.53 Å². The minimum absolute atomic E-state index is 0.0896. The summed E-state index contributed by atoms with van der Waals surface area (Å²) in [6.07, 6.45) is 4.66. The van der Waals surface area contributed by atoms with Crippen LogP contribution in [0.15, 0.2) is 42.5 Å². The number of imide groups is 1. The second-order valence-corrected chi connectivity index (χ2v) is 8.29. The van der Waals surface area contributed by atoms with E-state index in [9.17, 15) is 24.0 Å². The van der Waals surface area contributed by atoms with Gasteiger partial charge in [0.25, 0.3) is 17.7 Å². The Balaban J connectivity index is 1.39. The molecule has 0 saturated heterocycles. The van der Waals surface area contributed by atoms with Gasteiger partial charge in [0.2, 0.25) is 0 Å². The lowest BCUT2D eigenvalue weighted by molar-refractivity contribution is -0.119. The largest absolute Gasteiger partial charge is 0.452 e. The van der Waals surface area contributed by atoms with Crippen molar-refractivity contribution in [3.05, 3.63) is 64.7 Å². The van der Waals surface area contributed by atoms with E-state index in [1.54, 1.807) is 18.2 Å². The Hall–Kier alpha value is -3.81. The van der Waals surface area contributed by atoms with Gasteiger partial charge in [-0.3, -0.25) is 24.1 Å². The number of nitrogens with zero attached hydrogens (tertiary/aromatic N) is 1. The van der Waals surface area contributed by atoms with Crippen LogP contribution in [0.5, 0.6) is 0 Å². The monoisotopic (exact) mass is 448 g/mol. The van der Waals surface area contributed by atoms with E-state index in [1.807, 2.05) is 0 Å². The number of esters is 1. The van der Waals surface area contributed by atoms with Crippen molar-refractivity contribution in [1.82, 2.24) is 4.90 Å². The smallest absolute Gasteiger partial charge is 0.338 e. The molecule has 3 amide bonds. The number of rotatable bonds is 6. The second-order valence-electron chi connectivity index (χ2n) is 8.29. The molecule has 33 heavy (non-hydrogen) atoms. The Labute approximate surface area is 190 Å². The summed E-state index contributed by atoms with van der Waals surface area (Å²) >= 11 is 0. The summed E-state index contributed by atoms with van der Waals surface area (Å²) < 4.78 is 5.08. The van der Waals surface area contributed by atoms with Crippen molar-refractivity contribution in [3.8, 4) is 0 Å². The fourth-order valence-corrected chi connectivity index (χ4v) is 4.28. The van der Waals surface area contributed by atoms with E-state index in [1.165, 1.54) is 36.1 Å². The standard InChI is InChI=1S/C25H24N2O6/c1-15(28)16-6-5-7-18(12-16)26-22(29)14-33-25(32)17-10-11-20-21(13-17)24(31)27(23(20)30)19-8-3-2-4-9-19/h5-7,10-13,19H,2-4,8-9,14H2,1H3,(H,26,29). The highest BCUT2D eigenvalue weighted by atomic mass is 16.5. The van der Waals surface area contributed by atoms with Gasteiger partial charge in [-0.05, 0) is 50.1 Å². The highest BCUT2D eigenvalue weighted by Gasteiger charge is 2.40. The molecule has 1 fully saturated rings. The van der Waals surface area contributed by atoms with E-state index in [2.05, 4.69) is 5.32 Å². The number of amides is 3. The first-order valence-corrected chi connectivity index (χ1v) is 10.9. The molecule has 0 atom stereocenters. The molecule has 1 heterocycles. The van der Waals surface area contributed by atoms with E-state index < -0.39 is 18.5 Å². The van der Waals surface area contributed by atoms with Gasteiger partial charge in [0.15, 0.2) is 12.4 Å². The number of ether oxygens (including phenoxy) is 1. The number of nitrogens with one attached hydrogen (secondary N) is 1. The van der Waals surface area contributed by atoms with Crippen LogP contribution >= 0.6 is 0 Å². The number of Topliss-reactive ketones (excluding diaryl/α,β-unsaturated/α-hetero) is 1. The third kappa shape index (κ3) is 4.69. The number of fused-ring (bicyclic) bond motifs is 1. The quantitative estimate of drug-likeness (QED) is 0.411. The van der Waals surface area contributed by atoms with Crippen LogP contribution in [-0.4, -0.2) is 47.0 Å². The second kappa shape index (κ2) is 9.36. The Morgan fingerprint density at radius 2 is 1.67 bits per heavy atom. The molecule has 8 heteroatoms. The third-order valence-corrected chi connectivity index (χ3v) is 5.98. The van der Waals surface area contributed by atoms with Crippen LogP contribution < -0.4 is 5.32 Å². The molecule has 2 aromatic rings. The van der Waals surface area contributed by atoms with Crippen LogP contribution in [0, 0.1) is 0 Å². The van der Waals surface area contributed by atoms with E-state index in [0.717, 1.165) is 32.1 Å². The Morgan fingerprint density at radius 1 is 0.939 bits per heavy atom. The number of hydrogen-bond donors (Lipinski definition) is 1. The maximum absolute atomic E-state index is 12.9. The molecular formula is C25H24N2O6. The first-order chi connectivity index (χ1) is 15.8. The van der Waals surface area contributed by atoms with E-state index >= 15 is 0 Å². The summed E-state index contributed by atoms with van der Waals surface area (Å²) in [5.41, 5.74) is 1.42. The zero-order valence-corrected chi connectivity index (χ0v) is 18.3. The van der Waals surface area contributed by atoms with E-state index in [0.29, 0.717) is 11.3 Å². The van der Waals surface area contributed by atoms with E-state index in [4.69, 9.17) is 4.74 Å². The summed E-state index contributed by atoms with van der Waals surface area (Å²) in [4.78, 5) is 63.0. The van der Waals surface area contributed by atoms with Crippen molar-refractivity contribution >= 4 is 35.2 Å². The average molecular weight is 448 g/mol. The molecule has 0 radical (unpaired) electrons. The van der Waals surface area contributed by atoms with Gasteiger partial charge in [-0.15, -0.1) is 0 Å². The van der Waals surface area contributed by atoms with Gasteiger partial charge in [0.05, 0.1) is 16.7 Å². The predicted molar refractivity (Wildman–Crippen MR) is 119 cm³/mol. The van der Waals surface area contributed by atoms with Crippen LogP contribution in [0.2, 0.25) is 0 Å². The molecule has 8 nitrogen and oxygen atoms in total. The maximum Gasteiger partial charge on any atom is 0.338 e. The molecule has 0 aromatic heterocycles. The van der Waals surface area contributed by atoms with Crippen molar-refractivity contribution < 1.29 is 28.7 Å². The zero-order chi connectivity index (χ0) is 23.5. The number of hydrogen-bond acceptors (Lipinski definition) is 6. The van der Waals surface area contributed by atoms with Gasteiger partial charge < -0.3 is 10.1 Å². The lowest BCUT2D eigenvalue weighted by Crippen LogP contribution is -2.40. The SMILES string of the molecule is CC(=O)c1cccc(NC(=O)COC(=O)c2ccc3c(c2)C(=O)N(C2CCCCC2)C3=O)c1. The number of carbonyl (C=O) groups excluding carboxylic acids is 5. The van der Waals surface area contributed by atoms with Gasteiger partial charge in [0.1, 0.15) is 0 Å². The molecule has 1 saturated carbocycles. The molecule has 0 spiro atoms. The highest BCUT2D eigenvalue weighted by molar-refractivity contribution is 6.22. The molecule has 2 aliphatic rings. The fourth-order valence-electron chi connectivity index (χ4n) is 4.28. The zero-order valence-electron chi connectivity index (χ0n) is 18.3. The molecular weight excluding hydrogens is 424 g/mol. The van der Waals surface area contributed by atoms with Crippen molar-refractivity contribution in [2.45, 2.75) is 45.1 Å². The summed E-state index contributed by atoms with van der Waals surface area (Å²) in [5.74, 6) is -2.19. The van der Waals surface area contributed by atoms with Gasteiger partial charge >= 0.3 is 5.97 Å². The lowest BCUT2D eigenvalue weighted by atomic mass is 9.94. The molecule has 170 valence electrons. The van der Waals surface area contributed by atoms with Gasteiger partial charge in [-0.1, -0.05) is 31.4 Å². The number of carbonyl (C=O) groups is 5. The number of anilines is 1. The van der Waals surface area contributed by atoms with Crippen LogP contribution in [0.3, 0.4) is 0 Å². The average Bonchev–Trinajstić information content (AvgIpc) is 3.07. The number of benzene rings is 2. The molecule has 1 aliphatic heterocycles. The maximum atomic E-state index is 12.9. The van der Waals surface area contributed by atoms with Gasteiger partial charge in [-0.2, -0.15) is 0 Å². The summed E-state index contributed by atoms with van der Waals surface area (Å²) in [6.45, 7) is 0.882. The first kappa shape index (κ1) is 22.4.